The smallest absolute Gasteiger partial charge is 0.242 e. The molecule has 23 heavy (non-hydrogen) atoms. The zero-order chi connectivity index (χ0) is 16.7. The van der Waals surface area contributed by atoms with Gasteiger partial charge in [0.25, 0.3) is 0 Å². The Morgan fingerprint density at radius 3 is 2.43 bits per heavy atom. The fourth-order valence-electron chi connectivity index (χ4n) is 3.03. The van der Waals surface area contributed by atoms with Gasteiger partial charge in [0, 0.05) is 6.54 Å². The van der Waals surface area contributed by atoms with Crippen LogP contribution in [0, 0.1) is 0 Å². The van der Waals surface area contributed by atoms with Gasteiger partial charge in [0.15, 0.2) is 0 Å². The molecule has 128 valence electrons. The summed E-state index contributed by atoms with van der Waals surface area (Å²) in [5, 5.41) is 13.6. The van der Waals surface area contributed by atoms with Crippen molar-refractivity contribution < 1.29 is 9.90 Å². The van der Waals surface area contributed by atoms with E-state index in [0.29, 0.717) is 6.54 Å². The minimum Gasteiger partial charge on any atom is -0.388 e. The highest BCUT2D eigenvalue weighted by atomic mass is 32.2. The van der Waals surface area contributed by atoms with Crippen molar-refractivity contribution in [3.63, 3.8) is 0 Å². The van der Waals surface area contributed by atoms with Crippen molar-refractivity contribution in [1.29, 1.82) is 0 Å². The highest BCUT2D eigenvalue weighted by Gasteiger charge is 2.32. The number of carbonyl (C=O) groups is 1. The summed E-state index contributed by atoms with van der Waals surface area (Å²) in [7, 11) is 0. The van der Waals surface area contributed by atoms with Crippen LogP contribution in [0.15, 0.2) is 30.3 Å². The van der Waals surface area contributed by atoms with Gasteiger partial charge in [-0.25, -0.2) is 0 Å². The van der Waals surface area contributed by atoms with Crippen LogP contribution >= 0.6 is 11.8 Å². The maximum atomic E-state index is 12.8. The number of rotatable bonds is 7. The molecule has 1 unspecified atom stereocenters. The molecule has 0 aliphatic carbocycles. The Kier molecular flexibility index (Phi) is 6.93. The molecular weight excluding hydrogens is 308 g/mol. The lowest BCUT2D eigenvalue weighted by Gasteiger charge is -2.34. The minimum absolute atomic E-state index is 0.0217. The summed E-state index contributed by atoms with van der Waals surface area (Å²) in [5.41, 5.74) is 0.255. The van der Waals surface area contributed by atoms with Crippen molar-refractivity contribution in [2.75, 3.05) is 31.1 Å². The normalized spacial score (nSPS) is 18.6. The second-order valence-electron chi connectivity index (χ2n) is 6.09. The molecule has 1 heterocycles. The summed E-state index contributed by atoms with van der Waals surface area (Å²) in [5.74, 6) is 1.90. The molecule has 1 amide bonds. The van der Waals surface area contributed by atoms with Gasteiger partial charge in [-0.1, -0.05) is 44.2 Å². The maximum Gasteiger partial charge on any atom is 0.242 e. The molecule has 2 rings (SSSR count). The third-order valence-electron chi connectivity index (χ3n) is 4.56. The summed E-state index contributed by atoms with van der Waals surface area (Å²) in [4.78, 5) is 15.0. The first-order valence-electron chi connectivity index (χ1n) is 8.46. The van der Waals surface area contributed by atoms with Crippen molar-refractivity contribution in [1.82, 2.24) is 10.2 Å². The molecule has 0 radical (unpaired) electrons. The largest absolute Gasteiger partial charge is 0.388 e. The number of hydrogen-bond donors (Lipinski definition) is 2. The second kappa shape index (κ2) is 8.71. The number of nitrogens with zero attached hydrogens (tertiary/aromatic N) is 1. The molecule has 1 aromatic rings. The molecule has 4 nitrogen and oxygen atoms in total. The van der Waals surface area contributed by atoms with Gasteiger partial charge in [-0.3, -0.25) is 9.69 Å². The van der Waals surface area contributed by atoms with Crippen molar-refractivity contribution >= 4 is 17.7 Å². The van der Waals surface area contributed by atoms with Gasteiger partial charge in [-0.05, 0) is 43.0 Å². The lowest BCUT2D eigenvalue weighted by atomic mass is 9.96. The van der Waals surface area contributed by atoms with E-state index in [-0.39, 0.29) is 11.9 Å². The van der Waals surface area contributed by atoms with Crippen LogP contribution < -0.4 is 5.32 Å². The molecule has 5 heteroatoms. The quantitative estimate of drug-likeness (QED) is 0.803. The third kappa shape index (κ3) is 4.96. The van der Waals surface area contributed by atoms with Crippen LogP contribution in [0.25, 0.3) is 0 Å². The van der Waals surface area contributed by atoms with Crippen molar-refractivity contribution in [3.05, 3.63) is 35.9 Å². The van der Waals surface area contributed by atoms with Crippen molar-refractivity contribution in [2.24, 2.45) is 0 Å². The number of aliphatic hydroxyl groups is 1. The third-order valence-corrected chi connectivity index (χ3v) is 5.54. The van der Waals surface area contributed by atoms with Crippen LogP contribution in [-0.4, -0.2) is 52.7 Å². The summed E-state index contributed by atoms with van der Waals surface area (Å²) < 4.78 is 0. The zero-order valence-corrected chi connectivity index (χ0v) is 14.9. The predicted molar refractivity (Wildman–Crippen MR) is 96.6 cm³/mol. The number of thioether (sulfide) groups is 1. The Balaban J connectivity index is 2.07. The number of carbonyl (C=O) groups excluding carboxylic acids is 1. The maximum absolute atomic E-state index is 12.8. The molecule has 0 saturated carbocycles. The van der Waals surface area contributed by atoms with Gasteiger partial charge in [0.1, 0.15) is 6.04 Å². The first kappa shape index (κ1) is 18.3. The van der Waals surface area contributed by atoms with E-state index >= 15 is 0 Å². The Morgan fingerprint density at radius 2 is 1.87 bits per heavy atom. The fraction of sp³-hybridized carbons (Fsp3) is 0.611. The Morgan fingerprint density at radius 1 is 1.26 bits per heavy atom. The lowest BCUT2D eigenvalue weighted by molar-refractivity contribution is -0.128. The molecule has 0 spiro atoms. The lowest BCUT2D eigenvalue weighted by Crippen LogP contribution is -2.48. The monoisotopic (exact) mass is 336 g/mol. The molecule has 2 N–H and O–H groups in total. The first-order valence-corrected chi connectivity index (χ1v) is 9.62. The molecule has 1 atom stereocenters. The summed E-state index contributed by atoms with van der Waals surface area (Å²) in [6.45, 7) is 6.10. The van der Waals surface area contributed by atoms with Crippen LogP contribution in [0.4, 0.5) is 0 Å². The van der Waals surface area contributed by atoms with E-state index in [4.69, 9.17) is 0 Å². The zero-order valence-electron chi connectivity index (χ0n) is 14.1. The Bertz CT molecular complexity index is 485. The van der Waals surface area contributed by atoms with Gasteiger partial charge < -0.3 is 10.4 Å². The molecule has 1 aromatic carbocycles. The van der Waals surface area contributed by atoms with E-state index in [9.17, 15) is 9.90 Å². The SMILES string of the molecule is CCN(CC)C(C(=O)NCC1(O)CCSCC1)c1ccccc1. The topological polar surface area (TPSA) is 52.6 Å². The van der Waals surface area contributed by atoms with E-state index in [1.807, 2.05) is 42.1 Å². The molecule has 1 aliphatic rings. The average molecular weight is 337 g/mol. The number of amides is 1. The highest BCUT2D eigenvalue weighted by molar-refractivity contribution is 7.99. The van der Waals surface area contributed by atoms with Crippen LogP contribution in [-0.2, 0) is 4.79 Å². The number of hydrogen-bond acceptors (Lipinski definition) is 4. The van der Waals surface area contributed by atoms with Crippen LogP contribution in [0.5, 0.6) is 0 Å². The highest BCUT2D eigenvalue weighted by Crippen LogP contribution is 2.27. The number of nitrogens with one attached hydrogen (secondary N) is 1. The van der Waals surface area contributed by atoms with E-state index in [1.165, 1.54) is 0 Å². The van der Waals surface area contributed by atoms with E-state index < -0.39 is 5.60 Å². The summed E-state index contributed by atoms with van der Waals surface area (Å²) in [6.07, 6.45) is 1.50. The fourth-order valence-corrected chi connectivity index (χ4v) is 4.28. The van der Waals surface area contributed by atoms with Gasteiger partial charge in [-0.2, -0.15) is 11.8 Å². The van der Waals surface area contributed by atoms with Crippen molar-refractivity contribution in [2.45, 2.75) is 38.3 Å². The number of benzene rings is 1. The molecular formula is C18H28N2O2S. The van der Waals surface area contributed by atoms with Gasteiger partial charge >= 0.3 is 0 Å². The molecule has 0 aromatic heterocycles. The second-order valence-corrected chi connectivity index (χ2v) is 7.31. The van der Waals surface area contributed by atoms with E-state index in [2.05, 4.69) is 24.1 Å². The van der Waals surface area contributed by atoms with Crippen LogP contribution in [0.1, 0.15) is 38.3 Å². The number of likely N-dealkylation sites (N-methyl/N-ethyl adjacent to an activating group) is 1. The molecule has 1 aliphatic heterocycles. The van der Waals surface area contributed by atoms with Gasteiger partial charge in [-0.15, -0.1) is 0 Å². The summed E-state index contributed by atoms with van der Waals surface area (Å²) in [6, 6.07) is 9.58. The van der Waals surface area contributed by atoms with Gasteiger partial charge in [0.2, 0.25) is 5.91 Å². The van der Waals surface area contributed by atoms with E-state index in [1.54, 1.807) is 0 Å². The Hall–Kier alpha value is -1.04. The molecule has 1 fully saturated rings. The van der Waals surface area contributed by atoms with E-state index in [0.717, 1.165) is 43.0 Å². The first-order chi connectivity index (χ1) is 11.1. The van der Waals surface area contributed by atoms with Crippen LogP contribution in [0.2, 0.25) is 0 Å². The van der Waals surface area contributed by atoms with Crippen molar-refractivity contribution in [3.8, 4) is 0 Å². The standard InChI is InChI=1S/C18H28N2O2S/c1-3-20(4-2)16(15-8-6-5-7-9-15)17(21)19-14-18(22)10-12-23-13-11-18/h5-9,16,22H,3-4,10-14H2,1-2H3,(H,19,21). The molecule has 1 saturated heterocycles. The van der Waals surface area contributed by atoms with Crippen LogP contribution in [0.3, 0.4) is 0 Å². The summed E-state index contributed by atoms with van der Waals surface area (Å²) >= 11 is 1.87. The average Bonchev–Trinajstić information content (AvgIpc) is 2.59. The molecule has 0 bridgehead atoms. The minimum atomic E-state index is -0.745. The van der Waals surface area contributed by atoms with Gasteiger partial charge in [0.05, 0.1) is 5.60 Å². The Labute approximate surface area is 143 Å². The predicted octanol–water partition coefficient (Wildman–Crippen LogP) is 2.44.